The van der Waals surface area contributed by atoms with E-state index in [0.29, 0.717) is 17.3 Å². The van der Waals surface area contributed by atoms with Crippen LogP contribution in [0.3, 0.4) is 0 Å². The van der Waals surface area contributed by atoms with Gasteiger partial charge in [0.15, 0.2) is 0 Å². The number of aromatic nitrogens is 4. The lowest BCUT2D eigenvalue weighted by Crippen LogP contribution is -2.16. The fraction of sp³-hybridized carbons (Fsp3) is 0.333. The molecule has 1 aliphatic heterocycles. The van der Waals surface area contributed by atoms with Gasteiger partial charge in [-0.2, -0.15) is 0 Å². The molecule has 4 rings (SSSR count). The van der Waals surface area contributed by atoms with Gasteiger partial charge in [-0.1, -0.05) is 18.2 Å². The normalized spacial score (nSPS) is 17.8. The summed E-state index contributed by atoms with van der Waals surface area (Å²) in [5, 5.41) is 13.3. The molecular weight excluding hydrogens is 316 g/mol. The average molecular weight is 330 g/mol. The van der Waals surface area contributed by atoms with Crippen LogP contribution in [-0.4, -0.2) is 32.9 Å². The number of hydrogen-bond donors (Lipinski definition) is 0. The van der Waals surface area contributed by atoms with E-state index in [-0.39, 0.29) is 11.7 Å². The lowest BCUT2D eigenvalue weighted by Gasteiger charge is -2.10. The number of tetrazole rings is 1. The van der Waals surface area contributed by atoms with Crippen LogP contribution < -0.4 is 5.63 Å². The van der Waals surface area contributed by atoms with Crippen LogP contribution in [0, 0.1) is 0 Å². The summed E-state index contributed by atoms with van der Waals surface area (Å²) < 4.78 is 12.6. The SMILES string of the molecule is O=c1cc(Sc2nnnn2CC2CCCO2)c2ccccc2o1. The molecule has 2 aromatic heterocycles. The highest BCUT2D eigenvalue weighted by Crippen LogP contribution is 2.31. The summed E-state index contributed by atoms with van der Waals surface area (Å²) in [5.41, 5.74) is 0.171. The van der Waals surface area contributed by atoms with Crippen molar-refractivity contribution in [3.63, 3.8) is 0 Å². The van der Waals surface area contributed by atoms with E-state index >= 15 is 0 Å². The first-order valence-electron chi connectivity index (χ1n) is 7.38. The predicted octanol–water partition coefficient (Wildman–Crippen LogP) is 2.11. The van der Waals surface area contributed by atoms with Gasteiger partial charge in [-0.25, -0.2) is 9.48 Å². The Hall–Kier alpha value is -2.19. The van der Waals surface area contributed by atoms with Crippen molar-refractivity contribution in [2.24, 2.45) is 0 Å². The second-order valence-corrected chi connectivity index (χ2v) is 6.32. The van der Waals surface area contributed by atoms with Gasteiger partial charge in [0.05, 0.1) is 12.6 Å². The van der Waals surface area contributed by atoms with E-state index in [0.717, 1.165) is 29.7 Å². The number of nitrogens with zero attached hydrogens (tertiary/aromatic N) is 4. The third kappa shape index (κ3) is 2.99. The highest BCUT2D eigenvalue weighted by molar-refractivity contribution is 7.99. The number of ether oxygens (including phenoxy) is 1. The van der Waals surface area contributed by atoms with E-state index in [2.05, 4.69) is 15.5 Å². The third-order valence-corrected chi connectivity index (χ3v) is 4.75. The van der Waals surface area contributed by atoms with Crippen LogP contribution >= 0.6 is 11.8 Å². The fourth-order valence-electron chi connectivity index (χ4n) is 2.63. The molecule has 8 heteroatoms. The van der Waals surface area contributed by atoms with Crippen LogP contribution in [0.2, 0.25) is 0 Å². The second kappa shape index (κ2) is 6.13. The van der Waals surface area contributed by atoms with Crippen molar-refractivity contribution in [1.29, 1.82) is 0 Å². The molecule has 23 heavy (non-hydrogen) atoms. The van der Waals surface area contributed by atoms with Crippen molar-refractivity contribution in [2.45, 2.75) is 35.5 Å². The van der Waals surface area contributed by atoms with Gasteiger partial charge in [0, 0.05) is 23.0 Å². The summed E-state index contributed by atoms with van der Waals surface area (Å²) in [6.45, 7) is 1.41. The van der Waals surface area contributed by atoms with E-state index in [1.165, 1.54) is 17.8 Å². The van der Waals surface area contributed by atoms with Crippen molar-refractivity contribution in [3.8, 4) is 0 Å². The average Bonchev–Trinajstić information content (AvgIpc) is 3.20. The summed E-state index contributed by atoms with van der Waals surface area (Å²) in [6.07, 6.45) is 2.23. The first kappa shape index (κ1) is 14.4. The van der Waals surface area contributed by atoms with Crippen LogP contribution in [0.15, 0.2) is 49.6 Å². The fourth-order valence-corrected chi connectivity index (χ4v) is 3.55. The molecule has 3 aromatic rings. The Balaban J connectivity index is 1.66. The van der Waals surface area contributed by atoms with E-state index in [1.807, 2.05) is 18.2 Å². The first-order chi connectivity index (χ1) is 11.3. The van der Waals surface area contributed by atoms with Gasteiger partial charge in [0.2, 0.25) is 5.16 Å². The molecule has 1 saturated heterocycles. The molecule has 0 bridgehead atoms. The number of fused-ring (bicyclic) bond motifs is 1. The molecule has 0 aliphatic carbocycles. The van der Waals surface area contributed by atoms with Crippen molar-refractivity contribution >= 4 is 22.7 Å². The van der Waals surface area contributed by atoms with Gasteiger partial charge in [-0.3, -0.25) is 0 Å². The summed E-state index contributed by atoms with van der Waals surface area (Å²) >= 11 is 1.36. The molecule has 0 saturated carbocycles. The van der Waals surface area contributed by atoms with Gasteiger partial charge < -0.3 is 9.15 Å². The Kier molecular flexibility index (Phi) is 3.84. The van der Waals surface area contributed by atoms with E-state index < -0.39 is 0 Å². The molecular formula is C15H14N4O3S. The smallest absolute Gasteiger partial charge is 0.337 e. The molecule has 3 heterocycles. The largest absolute Gasteiger partial charge is 0.423 e. The topological polar surface area (TPSA) is 83.0 Å². The summed E-state index contributed by atoms with van der Waals surface area (Å²) in [4.78, 5) is 12.5. The standard InChI is InChI=1S/C15H14N4O3S/c20-14-8-13(11-5-1-2-6-12(11)22-14)23-15-16-17-18-19(15)9-10-4-3-7-21-10/h1-2,5-6,8,10H,3-4,7,9H2. The van der Waals surface area contributed by atoms with Crippen molar-refractivity contribution in [3.05, 3.63) is 40.8 Å². The van der Waals surface area contributed by atoms with Crippen LogP contribution in [0.5, 0.6) is 0 Å². The highest BCUT2D eigenvalue weighted by Gasteiger charge is 2.19. The summed E-state index contributed by atoms with van der Waals surface area (Å²) in [6, 6.07) is 8.89. The number of hydrogen-bond acceptors (Lipinski definition) is 7. The molecule has 0 radical (unpaired) electrons. The van der Waals surface area contributed by atoms with Crippen molar-refractivity contribution < 1.29 is 9.15 Å². The van der Waals surface area contributed by atoms with Crippen LogP contribution in [0.1, 0.15) is 12.8 Å². The maximum atomic E-state index is 11.7. The van der Waals surface area contributed by atoms with E-state index in [1.54, 1.807) is 10.7 Å². The van der Waals surface area contributed by atoms with Gasteiger partial charge in [-0.15, -0.1) is 5.10 Å². The Bertz CT molecular complexity index is 886. The van der Waals surface area contributed by atoms with Crippen molar-refractivity contribution in [1.82, 2.24) is 20.2 Å². The zero-order valence-electron chi connectivity index (χ0n) is 12.2. The molecule has 1 unspecified atom stereocenters. The Morgan fingerprint density at radius 1 is 1.35 bits per heavy atom. The molecule has 118 valence electrons. The molecule has 1 aromatic carbocycles. The number of para-hydroxylation sites is 1. The Labute approximate surface area is 135 Å². The van der Waals surface area contributed by atoms with Gasteiger partial charge >= 0.3 is 5.63 Å². The minimum Gasteiger partial charge on any atom is -0.423 e. The lowest BCUT2D eigenvalue weighted by atomic mass is 10.2. The van der Waals surface area contributed by atoms with E-state index in [4.69, 9.17) is 9.15 Å². The minimum absolute atomic E-state index is 0.149. The van der Waals surface area contributed by atoms with E-state index in [9.17, 15) is 4.79 Å². The molecule has 0 amide bonds. The molecule has 7 nitrogen and oxygen atoms in total. The molecule has 1 fully saturated rings. The predicted molar refractivity (Wildman–Crippen MR) is 83.4 cm³/mol. The molecule has 0 spiro atoms. The number of rotatable bonds is 4. The summed E-state index contributed by atoms with van der Waals surface area (Å²) in [5.74, 6) is 0. The van der Waals surface area contributed by atoms with Gasteiger partial charge in [0.25, 0.3) is 0 Å². The monoisotopic (exact) mass is 330 g/mol. The lowest BCUT2D eigenvalue weighted by molar-refractivity contribution is 0.0912. The molecule has 1 atom stereocenters. The molecule has 0 N–H and O–H groups in total. The van der Waals surface area contributed by atoms with Crippen molar-refractivity contribution in [2.75, 3.05) is 6.61 Å². The Morgan fingerprint density at radius 2 is 2.26 bits per heavy atom. The third-order valence-electron chi connectivity index (χ3n) is 3.71. The quantitative estimate of drug-likeness (QED) is 0.677. The maximum absolute atomic E-state index is 11.7. The highest BCUT2D eigenvalue weighted by atomic mass is 32.2. The second-order valence-electron chi connectivity index (χ2n) is 5.31. The zero-order valence-corrected chi connectivity index (χ0v) is 13.0. The van der Waals surface area contributed by atoms with Crippen LogP contribution in [0.4, 0.5) is 0 Å². The van der Waals surface area contributed by atoms with Gasteiger partial charge in [0.1, 0.15) is 5.58 Å². The number of benzene rings is 1. The van der Waals surface area contributed by atoms with Gasteiger partial charge in [-0.05, 0) is 41.1 Å². The Morgan fingerprint density at radius 3 is 3.13 bits per heavy atom. The summed E-state index contributed by atoms with van der Waals surface area (Å²) in [7, 11) is 0. The maximum Gasteiger partial charge on any atom is 0.337 e. The van der Waals surface area contributed by atoms with Crippen LogP contribution in [0.25, 0.3) is 11.0 Å². The minimum atomic E-state index is -0.385. The van der Waals surface area contributed by atoms with Crippen LogP contribution in [-0.2, 0) is 11.3 Å². The first-order valence-corrected chi connectivity index (χ1v) is 8.20. The molecule has 1 aliphatic rings. The zero-order chi connectivity index (χ0) is 15.6.